The predicted octanol–water partition coefficient (Wildman–Crippen LogP) is 3.97. The fourth-order valence-electron chi connectivity index (χ4n) is 0.942. The molecule has 1 unspecified atom stereocenters. The number of nitrogens with one attached hydrogen (secondary N) is 1. The number of oxime groups is 1. The van der Waals surface area contributed by atoms with Crippen molar-refractivity contribution in [1.82, 2.24) is 5.32 Å². The third-order valence-corrected chi connectivity index (χ3v) is 5.15. The van der Waals surface area contributed by atoms with Crippen molar-refractivity contribution >= 4 is 35.3 Å². The van der Waals surface area contributed by atoms with Gasteiger partial charge in [-0.2, -0.15) is 0 Å². The van der Waals surface area contributed by atoms with Crippen LogP contribution in [-0.2, 0) is 4.84 Å². The van der Waals surface area contributed by atoms with E-state index in [0.29, 0.717) is 5.25 Å². The smallest absolute Gasteiger partial charge is 0.323 e. The Hall–Kier alpha value is -0.360. The number of hydrogen-bond donors (Lipinski definition) is 1. The van der Waals surface area contributed by atoms with E-state index in [-0.39, 0.29) is 5.41 Å². The van der Waals surface area contributed by atoms with Gasteiger partial charge in [-0.15, -0.1) is 23.5 Å². The molecule has 19 heavy (non-hydrogen) atoms. The highest BCUT2D eigenvalue weighted by Crippen LogP contribution is 2.24. The number of rotatable bonds is 7. The van der Waals surface area contributed by atoms with E-state index >= 15 is 0 Å². The quantitative estimate of drug-likeness (QED) is 0.254. The second-order valence-corrected chi connectivity index (χ2v) is 8.05. The highest BCUT2D eigenvalue weighted by molar-refractivity contribution is 8.16. The van der Waals surface area contributed by atoms with Crippen molar-refractivity contribution in [3.8, 4) is 0 Å². The minimum absolute atomic E-state index is 0.0952. The van der Waals surface area contributed by atoms with Gasteiger partial charge in [-0.1, -0.05) is 39.8 Å². The first kappa shape index (κ1) is 18.6. The highest BCUT2D eigenvalue weighted by atomic mass is 32.2. The van der Waals surface area contributed by atoms with Gasteiger partial charge in [0.1, 0.15) is 0 Å². The van der Waals surface area contributed by atoms with E-state index in [4.69, 9.17) is 4.84 Å². The Bertz CT molecular complexity index is 302. The molecule has 1 amide bonds. The number of nitrogens with zero attached hydrogens (tertiary/aromatic N) is 1. The van der Waals surface area contributed by atoms with Crippen molar-refractivity contribution in [2.75, 3.05) is 17.9 Å². The standard InChI is InChI=1S/C13H26N2O2S2/c1-7-10(2)19-9-18-8-11(13(3,4)5)15-17-12(16)14-6/h10H,7-9H2,1-6H3,(H,14,16). The molecule has 0 aromatic rings. The molecule has 0 spiro atoms. The first-order chi connectivity index (χ1) is 8.81. The average molecular weight is 306 g/mol. The third kappa shape index (κ3) is 9.21. The fourth-order valence-corrected chi connectivity index (χ4v) is 3.50. The largest absolute Gasteiger partial charge is 0.433 e. The van der Waals surface area contributed by atoms with E-state index in [2.05, 4.69) is 45.1 Å². The van der Waals surface area contributed by atoms with Crippen LogP contribution in [0.1, 0.15) is 41.0 Å². The molecule has 0 fully saturated rings. The van der Waals surface area contributed by atoms with Gasteiger partial charge in [-0.05, 0) is 6.42 Å². The van der Waals surface area contributed by atoms with E-state index in [1.165, 1.54) is 13.5 Å². The van der Waals surface area contributed by atoms with Crippen LogP contribution in [0.3, 0.4) is 0 Å². The van der Waals surface area contributed by atoms with Gasteiger partial charge in [0.25, 0.3) is 0 Å². The van der Waals surface area contributed by atoms with Crippen LogP contribution in [0.4, 0.5) is 4.79 Å². The number of carbonyl (C=O) groups excluding carboxylic acids is 1. The van der Waals surface area contributed by atoms with Crippen molar-refractivity contribution in [2.45, 2.75) is 46.3 Å². The highest BCUT2D eigenvalue weighted by Gasteiger charge is 2.20. The maximum Gasteiger partial charge on any atom is 0.433 e. The normalized spacial score (nSPS) is 14.1. The van der Waals surface area contributed by atoms with Gasteiger partial charge >= 0.3 is 6.09 Å². The molecule has 0 saturated heterocycles. The van der Waals surface area contributed by atoms with Crippen LogP contribution in [0.5, 0.6) is 0 Å². The van der Waals surface area contributed by atoms with Gasteiger partial charge in [0.05, 0.1) is 5.71 Å². The average Bonchev–Trinajstić information content (AvgIpc) is 2.35. The summed E-state index contributed by atoms with van der Waals surface area (Å²) in [5.74, 6) is 0.782. The topological polar surface area (TPSA) is 50.7 Å². The van der Waals surface area contributed by atoms with Crippen molar-refractivity contribution in [3.05, 3.63) is 0 Å². The number of hydrogen-bond acceptors (Lipinski definition) is 5. The van der Waals surface area contributed by atoms with Gasteiger partial charge in [0.2, 0.25) is 0 Å². The molecule has 0 aromatic heterocycles. The molecule has 0 radical (unpaired) electrons. The van der Waals surface area contributed by atoms with E-state index in [1.807, 2.05) is 23.5 Å². The predicted molar refractivity (Wildman–Crippen MR) is 87.1 cm³/mol. The Balaban J connectivity index is 4.27. The Labute approximate surface area is 125 Å². The minimum Gasteiger partial charge on any atom is -0.323 e. The summed E-state index contributed by atoms with van der Waals surface area (Å²) in [5.41, 5.74) is 0.799. The van der Waals surface area contributed by atoms with Gasteiger partial charge in [-0.25, -0.2) is 4.79 Å². The summed E-state index contributed by atoms with van der Waals surface area (Å²) in [7, 11) is 1.52. The molecular formula is C13H26N2O2S2. The van der Waals surface area contributed by atoms with Crippen LogP contribution in [0.25, 0.3) is 0 Å². The lowest BCUT2D eigenvalue weighted by Crippen LogP contribution is -2.25. The van der Waals surface area contributed by atoms with Crippen LogP contribution in [0, 0.1) is 5.41 Å². The van der Waals surface area contributed by atoms with Crippen molar-refractivity contribution in [1.29, 1.82) is 0 Å². The molecule has 0 heterocycles. The summed E-state index contributed by atoms with van der Waals surface area (Å²) in [6, 6.07) is 0. The van der Waals surface area contributed by atoms with Crippen molar-refractivity contribution in [2.24, 2.45) is 10.6 Å². The fraction of sp³-hybridized carbons (Fsp3) is 0.846. The number of carbonyl (C=O) groups is 1. The van der Waals surface area contributed by atoms with E-state index < -0.39 is 6.09 Å². The molecule has 0 aliphatic carbocycles. The van der Waals surface area contributed by atoms with Crippen LogP contribution in [0.15, 0.2) is 5.16 Å². The Morgan fingerprint density at radius 3 is 2.53 bits per heavy atom. The minimum atomic E-state index is -0.527. The van der Waals surface area contributed by atoms with Gasteiger partial charge in [0.15, 0.2) is 0 Å². The maximum absolute atomic E-state index is 11.1. The zero-order chi connectivity index (χ0) is 14.9. The van der Waals surface area contributed by atoms with Gasteiger partial charge in [0, 0.05) is 28.6 Å². The molecule has 0 aromatic carbocycles. The summed E-state index contributed by atoms with van der Waals surface area (Å²) in [5, 5.41) is 8.08. The van der Waals surface area contributed by atoms with E-state index in [9.17, 15) is 4.79 Å². The number of thioether (sulfide) groups is 2. The first-order valence-electron chi connectivity index (χ1n) is 6.46. The van der Waals surface area contributed by atoms with Crippen LogP contribution < -0.4 is 5.32 Å². The van der Waals surface area contributed by atoms with Crippen LogP contribution >= 0.6 is 23.5 Å². The van der Waals surface area contributed by atoms with Gasteiger partial charge < -0.3 is 5.32 Å². The second kappa shape index (κ2) is 9.53. The van der Waals surface area contributed by atoms with Crippen molar-refractivity contribution in [3.63, 3.8) is 0 Å². The summed E-state index contributed by atoms with van der Waals surface area (Å²) in [4.78, 5) is 15.8. The lowest BCUT2D eigenvalue weighted by Gasteiger charge is -2.20. The first-order valence-corrected chi connectivity index (χ1v) is 8.67. The zero-order valence-electron chi connectivity index (χ0n) is 12.8. The zero-order valence-corrected chi connectivity index (χ0v) is 14.4. The molecule has 1 atom stereocenters. The van der Waals surface area contributed by atoms with Crippen LogP contribution in [0.2, 0.25) is 0 Å². The Morgan fingerprint density at radius 1 is 1.42 bits per heavy atom. The summed E-state index contributed by atoms with van der Waals surface area (Å²) in [6.07, 6.45) is 0.659. The molecule has 0 saturated carbocycles. The van der Waals surface area contributed by atoms with Crippen LogP contribution in [-0.4, -0.2) is 34.9 Å². The third-order valence-electron chi connectivity index (χ3n) is 2.56. The van der Waals surface area contributed by atoms with Gasteiger partial charge in [-0.3, -0.25) is 4.84 Å². The Morgan fingerprint density at radius 2 is 2.05 bits per heavy atom. The molecule has 1 N–H and O–H groups in total. The summed E-state index contributed by atoms with van der Waals surface area (Å²) in [6.45, 7) is 10.6. The molecule has 0 bridgehead atoms. The van der Waals surface area contributed by atoms with E-state index in [1.54, 1.807) is 0 Å². The lowest BCUT2D eigenvalue weighted by molar-refractivity contribution is 0.152. The summed E-state index contributed by atoms with van der Waals surface area (Å²) < 4.78 is 0. The molecule has 0 aliphatic rings. The molecule has 4 nitrogen and oxygen atoms in total. The monoisotopic (exact) mass is 306 g/mol. The Kier molecular flexibility index (Phi) is 9.35. The van der Waals surface area contributed by atoms with E-state index in [0.717, 1.165) is 16.5 Å². The molecule has 6 heteroatoms. The number of amides is 1. The second-order valence-electron chi connectivity index (χ2n) is 5.27. The molecule has 0 rings (SSSR count). The molecular weight excluding hydrogens is 280 g/mol. The maximum atomic E-state index is 11.1. The SMILES string of the molecule is CCC(C)SCSCC(=NOC(=O)NC)C(C)(C)C. The molecule has 0 aliphatic heterocycles. The van der Waals surface area contributed by atoms with Crippen molar-refractivity contribution < 1.29 is 9.63 Å². The lowest BCUT2D eigenvalue weighted by atomic mass is 9.91. The summed E-state index contributed by atoms with van der Waals surface area (Å²) >= 11 is 3.76. The molecule has 112 valence electrons.